The van der Waals surface area contributed by atoms with Gasteiger partial charge in [-0.1, -0.05) is 23.2 Å². The minimum Gasteiger partial charge on any atom is -0.481 e. The number of alkyl halides is 3. The minimum absolute atomic E-state index is 0.131. The number of anilines is 1. The molecule has 0 bridgehead atoms. The lowest BCUT2D eigenvalue weighted by Gasteiger charge is -2.19. The predicted molar refractivity (Wildman–Crippen MR) is 77.7 cm³/mol. The topological polar surface area (TPSA) is 69.6 Å². The molecule has 1 aromatic rings. The summed E-state index contributed by atoms with van der Waals surface area (Å²) in [4.78, 5) is 23.9. The van der Waals surface area contributed by atoms with Gasteiger partial charge in [0.25, 0.3) is 0 Å². The van der Waals surface area contributed by atoms with Gasteiger partial charge in [-0.3, -0.25) is 4.79 Å². The molecule has 126 valence electrons. The average Bonchev–Trinajstić information content (AvgIpc) is 2.88. The van der Waals surface area contributed by atoms with E-state index < -0.39 is 43.1 Å². The van der Waals surface area contributed by atoms with E-state index in [1.807, 2.05) is 0 Å². The van der Waals surface area contributed by atoms with Crippen molar-refractivity contribution in [1.82, 2.24) is 4.90 Å². The number of nitrogens with one attached hydrogen (secondary N) is 1. The number of nitrogens with zero attached hydrogens (tertiary/aromatic N) is 1. The van der Waals surface area contributed by atoms with Gasteiger partial charge in [-0.15, -0.1) is 0 Å². The fraction of sp³-hybridized carbons (Fsp3) is 0.385. The quantitative estimate of drug-likeness (QED) is 0.833. The molecule has 1 heterocycles. The van der Waals surface area contributed by atoms with Crippen molar-refractivity contribution in [2.24, 2.45) is 11.8 Å². The number of hydrogen-bond donors (Lipinski definition) is 2. The first-order chi connectivity index (χ1) is 10.6. The first-order valence-electron chi connectivity index (χ1n) is 6.40. The Morgan fingerprint density at radius 1 is 1.26 bits per heavy atom. The van der Waals surface area contributed by atoms with Gasteiger partial charge in [0.15, 0.2) is 0 Å². The van der Waals surface area contributed by atoms with Crippen LogP contribution in [0.4, 0.5) is 23.7 Å². The molecule has 2 rings (SSSR count). The molecule has 1 aliphatic heterocycles. The van der Waals surface area contributed by atoms with Crippen LogP contribution in [0.2, 0.25) is 10.0 Å². The van der Waals surface area contributed by atoms with E-state index >= 15 is 0 Å². The summed E-state index contributed by atoms with van der Waals surface area (Å²) in [6.07, 6.45) is -4.70. The maximum absolute atomic E-state index is 12.9. The number of likely N-dealkylation sites (tertiary alicyclic amines) is 1. The second-order valence-electron chi connectivity index (χ2n) is 5.05. The zero-order valence-corrected chi connectivity index (χ0v) is 12.9. The van der Waals surface area contributed by atoms with Crippen LogP contribution in [0.5, 0.6) is 0 Å². The Bertz CT molecular complexity index is 639. The maximum Gasteiger partial charge on any atom is 0.394 e. The van der Waals surface area contributed by atoms with Crippen molar-refractivity contribution in [3.63, 3.8) is 0 Å². The van der Waals surface area contributed by atoms with E-state index in [1.165, 1.54) is 18.2 Å². The summed E-state index contributed by atoms with van der Waals surface area (Å²) in [5, 5.41) is 11.7. The van der Waals surface area contributed by atoms with E-state index in [-0.39, 0.29) is 15.7 Å². The number of carboxylic acids is 1. The number of carbonyl (C=O) groups excluding carboxylic acids is 1. The van der Waals surface area contributed by atoms with E-state index in [2.05, 4.69) is 5.32 Å². The van der Waals surface area contributed by atoms with Crippen LogP contribution < -0.4 is 5.32 Å². The van der Waals surface area contributed by atoms with Gasteiger partial charge in [0.1, 0.15) is 0 Å². The molecule has 2 N–H and O–H groups in total. The van der Waals surface area contributed by atoms with Crippen molar-refractivity contribution in [3.05, 3.63) is 28.2 Å². The average molecular weight is 371 g/mol. The van der Waals surface area contributed by atoms with Gasteiger partial charge >= 0.3 is 18.2 Å². The van der Waals surface area contributed by atoms with Crippen LogP contribution in [0.3, 0.4) is 0 Å². The molecule has 1 aromatic carbocycles. The molecule has 1 fully saturated rings. The fourth-order valence-electron chi connectivity index (χ4n) is 2.34. The van der Waals surface area contributed by atoms with E-state index in [4.69, 9.17) is 28.3 Å². The van der Waals surface area contributed by atoms with Gasteiger partial charge in [-0.25, -0.2) is 4.79 Å². The Hall–Kier alpha value is -1.67. The number of aliphatic carboxylic acids is 1. The predicted octanol–water partition coefficient (Wildman–Crippen LogP) is 3.72. The lowest BCUT2D eigenvalue weighted by atomic mass is 9.96. The van der Waals surface area contributed by atoms with Gasteiger partial charge in [0, 0.05) is 18.1 Å². The number of halogens is 5. The molecule has 23 heavy (non-hydrogen) atoms. The van der Waals surface area contributed by atoms with Crippen molar-refractivity contribution in [2.45, 2.75) is 6.18 Å². The van der Waals surface area contributed by atoms with Gasteiger partial charge in [0.2, 0.25) is 0 Å². The smallest absolute Gasteiger partial charge is 0.394 e. The molecule has 5 nitrogen and oxygen atoms in total. The number of rotatable bonds is 2. The van der Waals surface area contributed by atoms with Crippen LogP contribution in [-0.4, -0.2) is 41.3 Å². The molecule has 2 atom stereocenters. The summed E-state index contributed by atoms with van der Waals surface area (Å²) in [7, 11) is 0. The van der Waals surface area contributed by atoms with Crippen molar-refractivity contribution in [3.8, 4) is 0 Å². The molecule has 0 aliphatic carbocycles. The molecule has 2 amide bonds. The number of carboxylic acid groups (broad SMARTS) is 1. The van der Waals surface area contributed by atoms with E-state index in [1.54, 1.807) is 0 Å². The lowest BCUT2D eigenvalue weighted by molar-refractivity contribution is -0.187. The first-order valence-corrected chi connectivity index (χ1v) is 7.15. The van der Waals surface area contributed by atoms with Gasteiger partial charge < -0.3 is 15.3 Å². The van der Waals surface area contributed by atoms with Crippen LogP contribution in [0, 0.1) is 11.8 Å². The Morgan fingerprint density at radius 3 is 2.43 bits per heavy atom. The zero-order chi connectivity index (χ0) is 17.4. The Balaban J connectivity index is 2.14. The lowest BCUT2D eigenvalue weighted by Crippen LogP contribution is -2.35. The normalized spacial score (nSPS) is 21.3. The monoisotopic (exact) mass is 370 g/mol. The van der Waals surface area contributed by atoms with Crippen LogP contribution in [0.15, 0.2) is 18.2 Å². The van der Waals surface area contributed by atoms with Crippen LogP contribution >= 0.6 is 23.2 Å². The Labute approximate surface area is 139 Å². The Kier molecular flexibility index (Phi) is 4.95. The van der Waals surface area contributed by atoms with Gasteiger partial charge in [-0.05, 0) is 18.2 Å². The molecule has 1 saturated heterocycles. The van der Waals surface area contributed by atoms with Crippen molar-refractivity contribution in [1.29, 1.82) is 0 Å². The summed E-state index contributed by atoms with van der Waals surface area (Å²) in [5.41, 5.74) is 0.131. The third kappa shape index (κ3) is 4.00. The number of carbonyl (C=O) groups is 2. The highest BCUT2D eigenvalue weighted by atomic mass is 35.5. The van der Waals surface area contributed by atoms with E-state index in [9.17, 15) is 22.8 Å². The maximum atomic E-state index is 12.9. The van der Waals surface area contributed by atoms with E-state index in [0.29, 0.717) is 0 Å². The van der Waals surface area contributed by atoms with Crippen LogP contribution in [0.1, 0.15) is 0 Å². The second-order valence-corrected chi connectivity index (χ2v) is 5.90. The molecule has 0 aromatic heterocycles. The fourth-order valence-corrected chi connectivity index (χ4v) is 2.68. The van der Waals surface area contributed by atoms with Crippen molar-refractivity contribution >= 4 is 40.9 Å². The number of benzene rings is 1. The number of hydrogen-bond acceptors (Lipinski definition) is 2. The molecule has 0 radical (unpaired) electrons. The number of amides is 2. The minimum atomic E-state index is -4.70. The third-order valence-electron chi connectivity index (χ3n) is 3.51. The molecular weight excluding hydrogens is 360 g/mol. The van der Waals surface area contributed by atoms with Crippen molar-refractivity contribution in [2.75, 3.05) is 18.4 Å². The summed E-state index contributed by atoms with van der Waals surface area (Å²) < 4.78 is 38.7. The van der Waals surface area contributed by atoms with Gasteiger partial charge in [-0.2, -0.15) is 13.2 Å². The molecule has 0 unspecified atom stereocenters. The zero-order valence-electron chi connectivity index (χ0n) is 11.4. The largest absolute Gasteiger partial charge is 0.481 e. The molecule has 10 heteroatoms. The summed E-state index contributed by atoms with van der Waals surface area (Å²) in [5.74, 6) is -5.40. The number of urea groups is 1. The Morgan fingerprint density at radius 2 is 1.91 bits per heavy atom. The molecular formula is C13H11Cl2F3N2O3. The molecule has 0 saturated carbocycles. The SMILES string of the molecule is O=C(O)[C@@H]1CN(C(=O)Nc2cc(Cl)ccc2Cl)C[C@H]1C(F)(F)F. The summed E-state index contributed by atoms with van der Waals surface area (Å²) >= 11 is 11.6. The molecule has 0 spiro atoms. The highest BCUT2D eigenvalue weighted by molar-refractivity contribution is 6.35. The van der Waals surface area contributed by atoms with Crippen LogP contribution in [0.25, 0.3) is 0 Å². The van der Waals surface area contributed by atoms with E-state index in [0.717, 1.165) is 4.90 Å². The summed E-state index contributed by atoms with van der Waals surface area (Å²) in [6.45, 7) is -1.27. The highest BCUT2D eigenvalue weighted by Gasteiger charge is 2.53. The molecule has 1 aliphatic rings. The standard InChI is InChI=1S/C13H11Cl2F3N2O3/c14-6-1-2-9(15)10(3-6)19-12(23)20-4-7(11(21)22)8(5-20)13(16,17)18/h1-3,7-8H,4-5H2,(H,19,23)(H,21,22)/t7-,8-/m1/s1. The third-order valence-corrected chi connectivity index (χ3v) is 4.08. The summed E-state index contributed by atoms with van der Waals surface area (Å²) in [6, 6.07) is 3.37. The van der Waals surface area contributed by atoms with Crippen molar-refractivity contribution < 1.29 is 27.9 Å². The highest BCUT2D eigenvalue weighted by Crippen LogP contribution is 2.38. The van der Waals surface area contributed by atoms with Gasteiger partial charge in [0.05, 0.1) is 22.5 Å². The van der Waals surface area contributed by atoms with Crippen LogP contribution in [-0.2, 0) is 4.79 Å². The second kappa shape index (κ2) is 6.45. The first kappa shape index (κ1) is 17.7.